The van der Waals surface area contributed by atoms with E-state index in [2.05, 4.69) is 43.2 Å². The molecule has 0 saturated carbocycles. The van der Waals surface area contributed by atoms with Crippen molar-refractivity contribution in [3.63, 3.8) is 0 Å². The summed E-state index contributed by atoms with van der Waals surface area (Å²) in [6.07, 6.45) is 3.56. The molecule has 4 rings (SSSR count). The second-order valence-electron chi connectivity index (χ2n) is 4.85. The fourth-order valence-electron chi connectivity index (χ4n) is 2.13. The van der Waals surface area contributed by atoms with Gasteiger partial charge in [-0.2, -0.15) is 14.7 Å². The van der Waals surface area contributed by atoms with Gasteiger partial charge in [0.2, 0.25) is 10.8 Å². The fraction of sp³-hybridized carbons (Fsp3) is 0.231. The van der Waals surface area contributed by atoms with Gasteiger partial charge in [0.1, 0.15) is 11.0 Å². The summed E-state index contributed by atoms with van der Waals surface area (Å²) < 4.78 is 9.96. The smallest absolute Gasteiger partial charge is 0.235 e. The molecule has 4 aromatic rings. The monoisotopic (exact) mass is 378 g/mol. The molecule has 0 saturated heterocycles. The standard InChI is InChI=1S/C13H11BrN6OS/c1-7-9(14)6-19(17-7)8(2)12-18-20-11(10-4-3-5-21-10)15-16-13(20)22-12/h3-6,8H,1-2H3/t8-/m0/s1. The van der Waals surface area contributed by atoms with Gasteiger partial charge in [-0.25, -0.2) is 0 Å². The van der Waals surface area contributed by atoms with Crippen LogP contribution in [0.4, 0.5) is 0 Å². The normalized spacial score (nSPS) is 13.0. The minimum atomic E-state index is 0.0150. The van der Waals surface area contributed by atoms with Gasteiger partial charge in [-0.1, -0.05) is 11.3 Å². The summed E-state index contributed by atoms with van der Waals surface area (Å²) in [5, 5.41) is 18.3. The van der Waals surface area contributed by atoms with E-state index in [1.165, 1.54) is 11.3 Å². The van der Waals surface area contributed by atoms with E-state index in [0.717, 1.165) is 20.1 Å². The number of nitrogens with zero attached hydrogens (tertiary/aromatic N) is 6. The molecule has 0 aliphatic heterocycles. The first-order chi connectivity index (χ1) is 10.6. The SMILES string of the molecule is Cc1nn([C@@H](C)c2nn3c(-c4ccco4)nnc3s2)cc1Br. The molecule has 0 spiro atoms. The molecule has 0 N–H and O–H groups in total. The van der Waals surface area contributed by atoms with Crippen molar-refractivity contribution in [2.45, 2.75) is 19.9 Å². The first-order valence-corrected chi connectivity index (χ1v) is 8.21. The second-order valence-corrected chi connectivity index (χ2v) is 6.70. The van der Waals surface area contributed by atoms with E-state index in [9.17, 15) is 0 Å². The van der Waals surface area contributed by atoms with Gasteiger partial charge in [-0.15, -0.1) is 10.2 Å². The Morgan fingerprint density at radius 3 is 2.86 bits per heavy atom. The highest BCUT2D eigenvalue weighted by molar-refractivity contribution is 9.10. The highest BCUT2D eigenvalue weighted by Gasteiger charge is 2.20. The van der Waals surface area contributed by atoms with Crippen LogP contribution in [0.3, 0.4) is 0 Å². The van der Waals surface area contributed by atoms with Gasteiger partial charge in [-0.3, -0.25) is 4.68 Å². The molecule has 22 heavy (non-hydrogen) atoms. The van der Waals surface area contributed by atoms with Crippen molar-refractivity contribution in [2.75, 3.05) is 0 Å². The maximum absolute atomic E-state index is 5.38. The first kappa shape index (κ1) is 13.6. The van der Waals surface area contributed by atoms with E-state index in [0.29, 0.717) is 11.6 Å². The number of fused-ring (bicyclic) bond motifs is 1. The minimum Gasteiger partial charge on any atom is -0.461 e. The zero-order valence-electron chi connectivity index (χ0n) is 11.8. The van der Waals surface area contributed by atoms with Crippen molar-refractivity contribution in [1.29, 1.82) is 0 Å². The number of hydrogen-bond donors (Lipinski definition) is 0. The van der Waals surface area contributed by atoms with E-state index in [4.69, 9.17) is 4.42 Å². The summed E-state index contributed by atoms with van der Waals surface area (Å²) in [4.78, 5) is 0.733. The number of hydrogen-bond acceptors (Lipinski definition) is 6. The number of halogens is 1. The van der Waals surface area contributed by atoms with Gasteiger partial charge < -0.3 is 4.42 Å². The van der Waals surface area contributed by atoms with Gasteiger partial charge in [-0.05, 0) is 41.9 Å². The van der Waals surface area contributed by atoms with Crippen LogP contribution in [0, 0.1) is 6.92 Å². The van der Waals surface area contributed by atoms with Gasteiger partial charge in [0.25, 0.3) is 0 Å². The van der Waals surface area contributed by atoms with Crippen LogP contribution in [0.5, 0.6) is 0 Å². The fourth-order valence-corrected chi connectivity index (χ4v) is 3.30. The van der Waals surface area contributed by atoms with Crippen molar-refractivity contribution in [3.05, 3.63) is 39.8 Å². The van der Waals surface area contributed by atoms with Crippen molar-refractivity contribution >= 4 is 32.2 Å². The summed E-state index contributed by atoms with van der Waals surface area (Å²) in [7, 11) is 0. The van der Waals surface area contributed by atoms with Crippen molar-refractivity contribution in [2.24, 2.45) is 0 Å². The molecule has 0 bridgehead atoms. The predicted octanol–water partition coefficient (Wildman–Crippen LogP) is 3.32. The lowest BCUT2D eigenvalue weighted by Gasteiger charge is -2.07. The zero-order chi connectivity index (χ0) is 15.3. The van der Waals surface area contributed by atoms with E-state index >= 15 is 0 Å². The molecule has 1 atom stereocenters. The van der Waals surface area contributed by atoms with Crippen LogP contribution in [-0.2, 0) is 0 Å². The van der Waals surface area contributed by atoms with E-state index in [-0.39, 0.29) is 6.04 Å². The third-order valence-electron chi connectivity index (χ3n) is 3.36. The van der Waals surface area contributed by atoms with Crippen LogP contribution in [-0.4, -0.2) is 29.6 Å². The van der Waals surface area contributed by atoms with Crippen molar-refractivity contribution in [1.82, 2.24) is 29.6 Å². The van der Waals surface area contributed by atoms with Crippen LogP contribution in [0.2, 0.25) is 0 Å². The Balaban J connectivity index is 1.77. The molecule has 0 amide bonds. The van der Waals surface area contributed by atoms with Crippen LogP contribution in [0.25, 0.3) is 16.5 Å². The number of aryl methyl sites for hydroxylation is 1. The third kappa shape index (κ3) is 2.08. The van der Waals surface area contributed by atoms with Gasteiger partial charge >= 0.3 is 0 Å². The molecule has 0 radical (unpaired) electrons. The molecule has 4 aromatic heterocycles. The van der Waals surface area contributed by atoms with E-state index < -0.39 is 0 Å². The van der Waals surface area contributed by atoms with Gasteiger partial charge in [0, 0.05) is 6.20 Å². The molecule has 0 aromatic carbocycles. The maximum atomic E-state index is 5.38. The average Bonchev–Trinajstić information content (AvgIpc) is 3.22. The molecule has 0 unspecified atom stereocenters. The average molecular weight is 379 g/mol. The first-order valence-electron chi connectivity index (χ1n) is 6.61. The Bertz CT molecular complexity index is 918. The zero-order valence-corrected chi connectivity index (χ0v) is 14.2. The molecule has 9 heteroatoms. The Morgan fingerprint density at radius 1 is 1.32 bits per heavy atom. The van der Waals surface area contributed by atoms with Gasteiger partial charge in [0.15, 0.2) is 5.76 Å². The Morgan fingerprint density at radius 2 is 2.18 bits per heavy atom. The van der Waals surface area contributed by atoms with Gasteiger partial charge in [0.05, 0.1) is 16.4 Å². The highest BCUT2D eigenvalue weighted by Crippen LogP contribution is 2.27. The van der Waals surface area contributed by atoms with Crippen LogP contribution in [0.15, 0.2) is 33.5 Å². The van der Waals surface area contributed by atoms with E-state index in [1.807, 2.05) is 29.9 Å². The largest absolute Gasteiger partial charge is 0.461 e. The Labute approximate surface area is 137 Å². The number of rotatable bonds is 3. The summed E-state index contributed by atoms with van der Waals surface area (Å²) in [6.45, 7) is 4.01. The molecule has 0 aliphatic rings. The molecule has 0 fully saturated rings. The molecule has 112 valence electrons. The molecular formula is C13H11BrN6OS. The Hall–Kier alpha value is -2.00. The summed E-state index contributed by atoms with van der Waals surface area (Å²) >= 11 is 4.98. The summed E-state index contributed by atoms with van der Waals surface area (Å²) in [5.74, 6) is 1.25. The molecule has 7 nitrogen and oxygen atoms in total. The maximum Gasteiger partial charge on any atom is 0.235 e. The predicted molar refractivity (Wildman–Crippen MR) is 84.8 cm³/mol. The Kier molecular flexibility index (Phi) is 3.12. The third-order valence-corrected chi connectivity index (χ3v) is 5.21. The van der Waals surface area contributed by atoms with Crippen molar-refractivity contribution in [3.8, 4) is 11.6 Å². The lowest BCUT2D eigenvalue weighted by molar-refractivity contribution is 0.549. The minimum absolute atomic E-state index is 0.0150. The van der Waals surface area contributed by atoms with Crippen molar-refractivity contribution < 1.29 is 4.42 Å². The number of furan rings is 1. The van der Waals surface area contributed by atoms with Crippen LogP contribution >= 0.6 is 27.3 Å². The summed E-state index contributed by atoms with van der Waals surface area (Å²) in [5.41, 5.74) is 0.950. The van der Waals surface area contributed by atoms with E-state index in [1.54, 1.807) is 10.8 Å². The quantitative estimate of drug-likeness (QED) is 0.546. The highest BCUT2D eigenvalue weighted by atomic mass is 79.9. The summed E-state index contributed by atoms with van der Waals surface area (Å²) in [6, 6.07) is 3.67. The molecular weight excluding hydrogens is 368 g/mol. The van der Waals surface area contributed by atoms with Crippen LogP contribution < -0.4 is 0 Å². The lowest BCUT2D eigenvalue weighted by Crippen LogP contribution is -2.08. The molecule has 4 heterocycles. The van der Waals surface area contributed by atoms with Crippen LogP contribution in [0.1, 0.15) is 23.7 Å². The molecule has 0 aliphatic carbocycles. The topological polar surface area (TPSA) is 74.0 Å². The lowest BCUT2D eigenvalue weighted by atomic mass is 10.4. The second kappa shape index (κ2) is 5.03. The number of aromatic nitrogens is 6.